The lowest BCUT2D eigenvalue weighted by Crippen LogP contribution is -2.37. The third-order valence-corrected chi connectivity index (χ3v) is 2.62. The second-order valence-corrected chi connectivity index (χ2v) is 4.17. The van der Waals surface area contributed by atoms with Crippen molar-refractivity contribution in [3.05, 3.63) is 0 Å². The molecule has 2 atom stereocenters. The minimum Gasteiger partial charge on any atom is -0.480 e. The van der Waals surface area contributed by atoms with E-state index in [4.69, 9.17) is 5.11 Å². The molecule has 1 fully saturated rings. The van der Waals surface area contributed by atoms with E-state index in [0.29, 0.717) is 6.54 Å². The van der Waals surface area contributed by atoms with E-state index in [1.807, 2.05) is 13.8 Å². The van der Waals surface area contributed by atoms with Crippen molar-refractivity contribution >= 4 is 5.97 Å². The molecule has 0 bridgehead atoms. The molecule has 0 radical (unpaired) electrons. The van der Waals surface area contributed by atoms with Crippen LogP contribution >= 0.6 is 0 Å². The third-order valence-electron chi connectivity index (χ3n) is 2.62. The molecule has 0 aromatic rings. The molecule has 4 nitrogen and oxygen atoms in total. The van der Waals surface area contributed by atoms with Gasteiger partial charge < -0.3 is 10.4 Å². The molecule has 1 saturated heterocycles. The Labute approximate surface area is 105 Å². The lowest BCUT2D eigenvalue weighted by atomic mass is 10.1. The summed E-state index contributed by atoms with van der Waals surface area (Å²) in [5, 5.41) is 11.3. The maximum absolute atomic E-state index is 12.3. The van der Waals surface area contributed by atoms with Crippen LogP contribution < -0.4 is 5.32 Å². The molecule has 2 N–H and O–H groups in total. The van der Waals surface area contributed by atoms with Crippen LogP contribution in [0.3, 0.4) is 0 Å². The molecule has 18 heavy (non-hydrogen) atoms. The second-order valence-electron chi connectivity index (χ2n) is 4.17. The van der Waals surface area contributed by atoms with Gasteiger partial charge in [0.15, 0.2) is 0 Å². The molecule has 1 rings (SSSR count). The Balaban J connectivity index is 0.00000137. The Morgan fingerprint density at radius 2 is 2.00 bits per heavy atom. The van der Waals surface area contributed by atoms with Crippen LogP contribution in [0.4, 0.5) is 13.2 Å². The molecule has 7 heteroatoms. The molecule has 2 unspecified atom stereocenters. The van der Waals surface area contributed by atoms with E-state index < -0.39 is 18.1 Å². The van der Waals surface area contributed by atoms with Crippen LogP contribution in [-0.2, 0) is 4.79 Å². The predicted octanol–water partition coefficient (Wildman–Crippen LogP) is 1.57. The van der Waals surface area contributed by atoms with Gasteiger partial charge in [0.05, 0.1) is 12.5 Å². The van der Waals surface area contributed by atoms with Crippen LogP contribution in [0.15, 0.2) is 0 Å². The summed E-state index contributed by atoms with van der Waals surface area (Å²) >= 11 is 0. The molecule has 0 amide bonds. The Morgan fingerprint density at radius 1 is 1.44 bits per heavy atom. The van der Waals surface area contributed by atoms with Gasteiger partial charge in [0, 0.05) is 19.1 Å². The summed E-state index contributed by atoms with van der Waals surface area (Å²) in [5.74, 6) is -2.29. The van der Waals surface area contributed by atoms with Gasteiger partial charge in [-0.15, -0.1) is 0 Å². The van der Waals surface area contributed by atoms with Gasteiger partial charge in [0.25, 0.3) is 0 Å². The van der Waals surface area contributed by atoms with E-state index in [9.17, 15) is 18.0 Å². The minimum absolute atomic E-state index is 0.0213. The maximum Gasteiger partial charge on any atom is 0.393 e. The molecule has 0 saturated carbocycles. The van der Waals surface area contributed by atoms with E-state index >= 15 is 0 Å². The zero-order chi connectivity index (χ0) is 14.3. The maximum atomic E-state index is 12.3. The summed E-state index contributed by atoms with van der Waals surface area (Å²) in [4.78, 5) is 11.9. The summed E-state index contributed by atoms with van der Waals surface area (Å²) in [5.41, 5.74) is 0. The predicted molar refractivity (Wildman–Crippen MR) is 62.4 cm³/mol. The first-order chi connectivity index (χ1) is 8.29. The topological polar surface area (TPSA) is 52.6 Å². The fraction of sp³-hybridized carbons (Fsp3) is 0.909. The molecule has 0 spiro atoms. The zero-order valence-corrected chi connectivity index (χ0v) is 10.9. The second kappa shape index (κ2) is 7.58. The molecule has 108 valence electrons. The van der Waals surface area contributed by atoms with E-state index in [1.165, 1.54) is 4.90 Å². The van der Waals surface area contributed by atoms with Crippen molar-refractivity contribution in [2.24, 2.45) is 5.92 Å². The highest BCUT2D eigenvalue weighted by molar-refractivity contribution is 5.69. The number of aliphatic carboxylic acids is 1. The van der Waals surface area contributed by atoms with Crippen molar-refractivity contribution in [1.82, 2.24) is 10.2 Å². The summed E-state index contributed by atoms with van der Waals surface area (Å²) in [7, 11) is 1.58. The average Bonchev–Trinajstić information content (AvgIpc) is 2.67. The number of alkyl halides is 3. The molecule has 0 aromatic heterocycles. The summed E-state index contributed by atoms with van der Waals surface area (Å²) in [6.07, 6.45) is -4.14. The number of carboxylic acids is 1. The zero-order valence-electron chi connectivity index (χ0n) is 10.9. The summed E-state index contributed by atoms with van der Waals surface area (Å²) in [6, 6.07) is -0.282. The minimum atomic E-state index is -4.16. The Hall–Kier alpha value is -0.820. The number of hydrogen-bond donors (Lipinski definition) is 2. The fourth-order valence-corrected chi connectivity index (χ4v) is 1.88. The first-order valence-corrected chi connectivity index (χ1v) is 5.99. The lowest BCUT2D eigenvalue weighted by Gasteiger charge is -2.19. The van der Waals surface area contributed by atoms with Crippen molar-refractivity contribution in [3.8, 4) is 0 Å². The monoisotopic (exact) mass is 270 g/mol. The van der Waals surface area contributed by atoms with Gasteiger partial charge in [-0.05, 0) is 13.5 Å². The van der Waals surface area contributed by atoms with Crippen LogP contribution in [0, 0.1) is 5.92 Å². The Kier molecular flexibility index (Phi) is 7.23. The number of carboxylic acid groups (broad SMARTS) is 1. The number of hydrogen-bond acceptors (Lipinski definition) is 3. The van der Waals surface area contributed by atoms with Crippen molar-refractivity contribution in [2.75, 3.05) is 26.7 Å². The quantitative estimate of drug-likeness (QED) is 0.814. The molecule has 1 aliphatic heterocycles. The van der Waals surface area contributed by atoms with Gasteiger partial charge in [-0.3, -0.25) is 9.69 Å². The van der Waals surface area contributed by atoms with Crippen molar-refractivity contribution in [1.29, 1.82) is 0 Å². The molecule has 0 aromatic carbocycles. The lowest BCUT2D eigenvalue weighted by molar-refractivity contribution is -0.169. The van der Waals surface area contributed by atoms with Crippen molar-refractivity contribution in [2.45, 2.75) is 32.5 Å². The molecular formula is C11H21F3N2O2. The number of rotatable bonds is 4. The van der Waals surface area contributed by atoms with Crippen molar-refractivity contribution in [3.63, 3.8) is 0 Å². The molecule has 1 heterocycles. The van der Waals surface area contributed by atoms with Gasteiger partial charge in [-0.25, -0.2) is 0 Å². The molecular weight excluding hydrogens is 249 g/mol. The van der Waals surface area contributed by atoms with Gasteiger partial charge in [0.2, 0.25) is 0 Å². The first kappa shape index (κ1) is 17.2. The Morgan fingerprint density at radius 3 is 2.39 bits per heavy atom. The highest BCUT2D eigenvalue weighted by Crippen LogP contribution is 2.32. The third kappa shape index (κ3) is 6.20. The van der Waals surface area contributed by atoms with Crippen LogP contribution in [0.25, 0.3) is 0 Å². The number of nitrogens with one attached hydrogen (secondary N) is 1. The summed E-state index contributed by atoms with van der Waals surface area (Å²) in [6.45, 7) is 4.09. The number of likely N-dealkylation sites (N-methyl/N-ethyl adjacent to an activating group) is 1. The number of carbonyl (C=O) groups is 1. The van der Waals surface area contributed by atoms with Gasteiger partial charge in [-0.2, -0.15) is 13.2 Å². The fourth-order valence-electron chi connectivity index (χ4n) is 1.88. The van der Waals surface area contributed by atoms with E-state index in [0.717, 1.165) is 0 Å². The van der Waals surface area contributed by atoms with E-state index in [2.05, 4.69) is 5.32 Å². The molecule has 0 aliphatic carbocycles. The largest absolute Gasteiger partial charge is 0.480 e. The standard InChI is InChI=1S/C9H15F3N2O2.C2H6/c1-14(5-8(15)16)4-7-2-6(3-13-7)9(10,11)12;1-2/h6-7,13H,2-5H2,1H3,(H,15,16);1-2H3. The average molecular weight is 270 g/mol. The smallest absolute Gasteiger partial charge is 0.393 e. The first-order valence-electron chi connectivity index (χ1n) is 5.99. The number of halogens is 3. The summed E-state index contributed by atoms with van der Waals surface area (Å²) < 4.78 is 37.0. The number of nitrogens with zero attached hydrogens (tertiary/aromatic N) is 1. The van der Waals surface area contributed by atoms with Gasteiger partial charge in [-0.1, -0.05) is 13.8 Å². The van der Waals surface area contributed by atoms with Crippen LogP contribution in [0.2, 0.25) is 0 Å². The van der Waals surface area contributed by atoms with Gasteiger partial charge in [0.1, 0.15) is 0 Å². The highest BCUT2D eigenvalue weighted by atomic mass is 19.4. The van der Waals surface area contributed by atoms with Gasteiger partial charge >= 0.3 is 12.1 Å². The van der Waals surface area contributed by atoms with E-state index in [-0.39, 0.29) is 25.6 Å². The van der Waals surface area contributed by atoms with Crippen LogP contribution in [-0.4, -0.2) is 54.9 Å². The van der Waals surface area contributed by atoms with E-state index in [1.54, 1.807) is 7.05 Å². The Bertz CT molecular complexity index is 259. The molecule has 1 aliphatic rings. The SMILES string of the molecule is CC.CN(CC(=O)O)CC1CC(C(F)(F)F)CN1. The highest BCUT2D eigenvalue weighted by Gasteiger charge is 2.44. The van der Waals surface area contributed by atoms with Crippen LogP contribution in [0.5, 0.6) is 0 Å². The van der Waals surface area contributed by atoms with Crippen molar-refractivity contribution < 1.29 is 23.1 Å². The normalized spacial score (nSPS) is 23.7. The van der Waals surface area contributed by atoms with Crippen LogP contribution in [0.1, 0.15) is 20.3 Å².